The molecule has 0 heterocycles. The highest BCUT2D eigenvalue weighted by Gasteiger charge is 2.46. The Bertz CT molecular complexity index is 573. The third-order valence-electron chi connectivity index (χ3n) is 4.51. The molecule has 1 saturated carbocycles. The van der Waals surface area contributed by atoms with Gasteiger partial charge in [0.1, 0.15) is 5.82 Å². The van der Waals surface area contributed by atoms with Gasteiger partial charge in [-0.2, -0.15) is 0 Å². The monoisotopic (exact) mass is 269 g/mol. The number of benzene rings is 2. The van der Waals surface area contributed by atoms with Gasteiger partial charge >= 0.3 is 0 Å². The van der Waals surface area contributed by atoms with E-state index in [-0.39, 0.29) is 11.2 Å². The molecule has 2 heteroatoms. The predicted molar refractivity (Wildman–Crippen MR) is 80.4 cm³/mol. The molecule has 2 aromatic carbocycles. The fourth-order valence-electron chi connectivity index (χ4n) is 3.53. The zero-order chi connectivity index (χ0) is 14.0. The summed E-state index contributed by atoms with van der Waals surface area (Å²) >= 11 is 0. The standard InChI is InChI=1S/C18H20FN/c1-20-13-18(16-9-5-6-10-17(16)19)11-15(12-18)14-7-3-2-4-8-14/h2-10,15,20H,11-13H2,1H3. The lowest BCUT2D eigenvalue weighted by atomic mass is 9.56. The summed E-state index contributed by atoms with van der Waals surface area (Å²) < 4.78 is 14.1. The Labute approximate surface area is 119 Å². The summed E-state index contributed by atoms with van der Waals surface area (Å²) in [5, 5.41) is 3.24. The molecule has 1 aliphatic rings. The molecule has 0 bridgehead atoms. The molecule has 1 nitrogen and oxygen atoms in total. The van der Waals surface area contributed by atoms with Gasteiger partial charge < -0.3 is 5.32 Å². The maximum absolute atomic E-state index is 14.1. The fourth-order valence-corrected chi connectivity index (χ4v) is 3.53. The number of nitrogens with one attached hydrogen (secondary N) is 1. The number of likely N-dealkylation sites (N-methyl/N-ethyl adjacent to an activating group) is 1. The molecule has 0 spiro atoms. The van der Waals surface area contributed by atoms with Crippen LogP contribution in [-0.4, -0.2) is 13.6 Å². The van der Waals surface area contributed by atoms with Crippen LogP contribution in [0.25, 0.3) is 0 Å². The average Bonchev–Trinajstić information content (AvgIpc) is 2.44. The first-order chi connectivity index (χ1) is 9.75. The zero-order valence-corrected chi connectivity index (χ0v) is 11.8. The molecule has 3 rings (SSSR count). The van der Waals surface area contributed by atoms with E-state index in [4.69, 9.17) is 0 Å². The smallest absolute Gasteiger partial charge is 0.127 e. The van der Waals surface area contributed by atoms with E-state index in [1.54, 1.807) is 12.1 Å². The van der Waals surface area contributed by atoms with Gasteiger partial charge in [-0.1, -0.05) is 48.5 Å². The lowest BCUT2D eigenvalue weighted by Gasteiger charge is -2.48. The van der Waals surface area contributed by atoms with Gasteiger partial charge in [0, 0.05) is 12.0 Å². The average molecular weight is 269 g/mol. The molecule has 1 aliphatic carbocycles. The quantitative estimate of drug-likeness (QED) is 0.888. The Balaban J connectivity index is 1.85. The van der Waals surface area contributed by atoms with Crippen LogP contribution in [0.15, 0.2) is 54.6 Å². The van der Waals surface area contributed by atoms with E-state index in [0.29, 0.717) is 5.92 Å². The van der Waals surface area contributed by atoms with Crippen LogP contribution in [0.2, 0.25) is 0 Å². The second kappa shape index (κ2) is 5.37. The molecular formula is C18H20FN. The van der Waals surface area contributed by atoms with E-state index in [1.165, 1.54) is 5.56 Å². The minimum absolute atomic E-state index is 0.0550. The van der Waals surface area contributed by atoms with Crippen molar-refractivity contribution in [1.82, 2.24) is 5.32 Å². The van der Waals surface area contributed by atoms with Crippen molar-refractivity contribution in [2.24, 2.45) is 0 Å². The van der Waals surface area contributed by atoms with Crippen LogP contribution in [-0.2, 0) is 5.41 Å². The number of hydrogen-bond donors (Lipinski definition) is 1. The molecule has 104 valence electrons. The first-order valence-electron chi connectivity index (χ1n) is 7.20. The number of halogens is 1. The van der Waals surface area contributed by atoms with Gasteiger partial charge in [0.25, 0.3) is 0 Å². The number of rotatable bonds is 4. The van der Waals surface area contributed by atoms with Gasteiger partial charge in [0.2, 0.25) is 0 Å². The van der Waals surface area contributed by atoms with E-state index < -0.39 is 0 Å². The van der Waals surface area contributed by atoms with Crippen molar-refractivity contribution in [3.05, 3.63) is 71.5 Å². The predicted octanol–water partition coefficient (Wildman–Crippen LogP) is 3.86. The van der Waals surface area contributed by atoms with Gasteiger partial charge in [-0.05, 0) is 43.0 Å². The van der Waals surface area contributed by atoms with Crippen LogP contribution in [0.3, 0.4) is 0 Å². The van der Waals surface area contributed by atoms with E-state index in [1.807, 2.05) is 25.2 Å². The molecule has 0 amide bonds. The first kappa shape index (κ1) is 13.3. The van der Waals surface area contributed by atoms with Crippen molar-refractivity contribution >= 4 is 0 Å². The summed E-state index contributed by atoms with van der Waals surface area (Å²) in [7, 11) is 1.94. The largest absolute Gasteiger partial charge is 0.319 e. The Morgan fingerprint density at radius 1 is 1.05 bits per heavy atom. The SMILES string of the molecule is CNCC1(c2ccccc2F)CC(c2ccccc2)C1. The molecule has 0 radical (unpaired) electrons. The first-order valence-corrected chi connectivity index (χ1v) is 7.20. The molecule has 2 aromatic rings. The molecule has 20 heavy (non-hydrogen) atoms. The summed E-state index contributed by atoms with van der Waals surface area (Å²) in [6, 6.07) is 17.8. The van der Waals surface area contributed by atoms with E-state index in [0.717, 1.165) is 24.9 Å². The van der Waals surface area contributed by atoms with Crippen molar-refractivity contribution in [3.8, 4) is 0 Å². The van der Waals surface area contributed by atoms with Crippen molar-refractivity contribution in [2.75, 3.05) is 13.6 Å². The third kappa shape index (κ3) is 2.25. The lowest BCUT2D eigenvalue weighted by molar-refractivity contribution is 0.192. The molecule has 0 unspecified atom stereocenters. The molecule has 1 fully saturated rings. The second-order valence-electron chi connectivity index (χ2n) is 5.81. The fraction of sp³-hybridized carbons (Fsp3) is 0.333. The van der Waals surface area contributed by atoms with Crippen LogP contribution in [0, 0.1) is 5.82 Å². The topological polar surface area (TPSA) is 12.0 Å². The second-order valence-corrected chi connectivity index (χ2v) is 5.81. The number of hydrogen-bond acceptors (Lipinski definition) is 1. The van der Waals surface area contributed by atoms with Crippen LogP contribution < -0.4 is 5.32 Å². The Morgan fingerprint density at radius 3 is 2.35 bits per heavy atom. The van der Waals surface area contributed by atoms with E-state index in [9.17, 15) is 4.39 Å². The minimum atomic E-state index is -0.0748. The molecule has 0 aliphatic heterocycles. The molecule has 0 saturated heterocycles. The van der Waals surface area contributed by atoms with Crippen molar-refractivity contribution in [1.29, 1.82) is 0 Å². The molecule has 0 atom stereocenters. The Hall–Kier alpha value is -1.67. The highest BCUT2D eigenvalue weighted by atomic mass is 19.1. The summed E-state index contributed by atoms with van der Waals surface area (Å²) in [5.41, 5.74) is 2.18. The van der Waals surface area contributed by atoms with Gasteiger partial charge in [0.05, 0.1) is 0 Å². The van der Waals surface area contributed by atoms with Crippen molar-refractivity contribution < 1.29 is 4.39 Å². The highest BCUT2D eigenvalue weighted by molar-refractivity contribution is 5.36. The van der Waals surface area contributed by atoms with Crippen LogP contribution in [0.5, 0.6) is 0 Å². The molecular weight excluding hydrogens is 249 g/mol. The van der Waals surface area contributed by atoms with Crippen molar-refractivity contribution in [3.63, 3.8) is 0 Å². The summed E-state index contributed by atoms with van der Waals surface area (Å²) in [6.07, 6.45) is 2.03. The molecule has 0 aromatic heterocycles. The van der Waals surface area contributed by atoms with Gasteiger partial charge in [-0.15, -0.1) is 0 Å². The maximum Gasteiger partial charge on any atom is 0.127 e. The van der Waals surface area contributed by atoms with E-state index >= 15 is 0 Å². The minimum Gasteiger partial charge on any atom is -0.319 e. The summed E-state index contributed by atoms with van der Waals surface area (Å²) in [4.78, 5) is 0. The summed E-state index contributed by atoms with van der Waals surface area (Å²) in [5.74, 6) is 0.471. The third-order valence-corrected chi connectivity index (χ3v) is 4.51. The Kier molecular flexibility index (Phi) is 3.58. The van der Waals surface area contributed by atoms with Crippen molar-refractivity contribution in [2.45, 2.75) is 24.2 Å². The van der Waals surface area contributed by atoms with E-state index in [2.05, 4.69) is 29.6 Å². The maximum atomic E-state index is 14.1. The normalized spacial score (nSPS) is 25.2. The summed E-state index contributed by atoms with van der Waals surface area (Å²) in [6.45, 7) is 0.831. The van der Waals surface area contributed by atoms with Gasteiger partial charge in [0.15, 0.2) is 0 Å². The lowest BCUT2D eigenvalue weighted by Crippen LogP contribution is -2.47. The highest BCUT2D eigenvalue weighted by Crippen LogP contribution is 2.52. The Morgan fingerprint density at radius 2 is 1.70 bits per heavy atom. The zero-order valence-electron chi connectivity index (χ0n) is 11.8. The van der Waals surface area contributed by atoms with Gasteiger partial charge in [-0.3, -0.25) is 0 Å². The van der Waals surface area contributed by atoms with Crippen LogP contribution in [0.1, 0.15) is 29.9 Å². The molecule has 1 N–H and O–H groups in total. The van der Waals surface area contributed by atoms with Crippen LogP contribution >= 0.6 is 0 Å². The van der Waals surface area contributed by atoms with Gasteiger partial charge in [-0.25, -0.2) is 4.39 Å². The van der Waals surface area contributed by atoms with Crippen LogP contribution in [0.4, 0.5) is 4.39 Å².